The van der Waals surface area contributed by atoms with Crippen LogP contribution in [0.3, 0.4) is 0 Å². The minimum atomic E-state index is -0.357. The van der Waals surface area contributed by atoms with Gasteiger partial charge in [0, 0.05) is 11.4 Å². The fraction of sp³-hybridized carbons (Fsp3) is 0.421. The first-order valence-electron chi connectivity index (χ1n) is 9.01. The van der Waals surface area contributed by atoms with Crippen LogP contribution in [0.1, 0.15) is 42.4 Å². The normalized spacial score (nSPS) is 12.8. The van der Waals surface area contributed by atoms with Crippen LogP contribution in [-0.2, 0) is 6.42 Å². The Balaban J connectivity index is 1.81. The Morgan fingerprint density at radius 3 is 2.59 bits per heavy atom. The van der Waals surface area contributed by atoms with E-state index < -0.39 is 0 Å². The van der Waals surface area contributed by atoms with Crippen molar-refractivity contribution in [3.8, 4) is 0 Å². The molecule has 27 heavy (non-hydrogen) atoms. The van der Waals surface area contributed by atoms with Crippen LogP contribution in [0.5, 0.6) is 0 Å². The fourth-order valence-electron chi connectivity index (χ4n) is 2.75. The number of nitrogen functional groups attached to an aromatic ring is 1. The van der Waals surface area contributed by atoms with Gasteiger partial charge in [0.05, 0.1) is 11.7 Å². The predicted molar refractivity (Wildman–Crippen MR) is 112 cm³/mol. The number of amides is 2. The molecular weight excluding hydrogens is 360 g/mol. The molecule has 6 N–H and O–H groups in total. The van der Waals surface area contributed by atoms with Gasteiger partial charge in [0.15, 0.2) is 11.1 Å². The number of carbonyl (C=O) groups excluding carboxylic acids is 1. The molecule has 1 aromatic carbocycles. The van der Waals surface area contributed by atoms with Crippen molar-refractivity contribution in [2.75, 3.05) is 12.3 Å². The summed E-state index contributed by atoms with van der Waals surface area (Å²) in [6.07, 6.45) is 1.65. The van der Waals surface area contributed by atoms with E-state index in [1.54, 1.807) is 0 Å². The fourth-order valence-corrected chi connectivity index (χ4v) is 3.62. The number of aromatic nitrogens is 1. The monoisotopic (exact) mass is 388 g/mol. The van der Waals surface area contributed by atoms with Gasteiger partial charge in [-0.1, -0.05) is 44.2 Å². The van der Waals surface area contributed by atoms with Crippen LogP contribution < -0.4 is 22.1 Å². The summed E-state index contributed by atoms with van der Waals surface area (Å²) in [4.78, 5) is 21.8. The highest BCUT2D eigenvalue weighted by atomic mass is 32.1. The van der Waals surface area contributed by atoms with E-state index in [9.17, 15) is 4.79 Å². The number of anilines is 1. The average Bonchev–Trinajstić information content (AvgIpc) is 2.94. The number of nitrogens with two attached hydrogens (primary N) is 2. The van der Waals surface area contributed by atoms with Gasteiger partial charge < -0.3 is 16.8 Å². The predicted octanol–water partition coefficient (Wildman–Crippen LogP) is 2.98. The van der Waals surface area contributed by atoms with E-state index in [1.807, 2.05) is 37.3 Å². The second kappa shape index (κ2) is 9.91. The second-order valence-electron chi connectivity index (χ2n) is 6.66. The summed E-state index contributed by atoms with van der Waals surface area (Å²) < 4.78 is 0. The number of carbonyl (C=O) groups is 1. The number of nitrogens with one attached hydrogen (secondary N) is 2. The molecule has 0 fully saturated rings. The van der Waals surface area contributed by atoms with Gasteiger partial charge >= 0.3 is 6.03 Å². The molecule has 1 atom stereocenters. The van der Waals surface area contributed by atoms with Gasteiger partial charge in [0.1, 0.15) is 0 Å². The Hall–Kier alpha value is -2.61. The molecule has 0 aliphatic heterocycles. The minimum Gasteiger partial charge on any atom is -0.375 e. The lowest BCUT2D eigenvalue weighted by Crippen LogP contribution is -2.45. The quantitative estimate of drug-likeness (QED) is 0.331. The highest BCUT2D eigenvalue weighted by Crippen LogP contribution is 2.21. The maximum Gasteiger partial charge on any atom is 0.322 e. The van der Waals surface area contributed by atoms with E-state index in [4.69, 9.17) is 11.5 Å². The number of aryl methyl sites for hydroxylation is 2. The molecule has 0 spiro atoms. The molecule has 7 nitrogen and oxygen atoms in total. The first-order chi connectivity index (χ1) is 12.9. The molecule has 146 valence electrons. The zero-order valence-electron chi connectivity index (χ0n) is 16.0. The molecule has 0 aliphatic carbocycles. The molecule has 1 unspecified atom stereocenters. The number of aliphatic imine (C=N–C) groups is 1. The highest BCUT2D eigenvalue weighted by molar-refractivity contribution is 7.15. The molecule has 0 radical (unpaired) electrons. The average molecular weight is 389 g/mol. The Bertz CT molecular complexity index is 772. The molecule has 2 aromatic rings. The molecule has 2 amide bonds. The van der Waals surface area contributed by atoms with E-state index >= 15 is 0 Å². The van der Waals surface area contributed by atoms with Crippen LogP contribution in [0.25, 0.3) is 0 Å². The van der Waals surface area contributed by atoms with Crippen LogP contribution in [0.4, 0.5) is 9.93 Å². The zero-order chi connectivity index (χ0) is 19.8. The second-order valence-corrected chi connectivity index (χ2v) is 7.78. The summed E-state index contributed by atoms with van der Waals surface area (Å²) >= 11 is 1.50. The van der Waals surface area contributed by atoms with Gasteiger partial charge in [-0.15, -0.1) is 11.3 Å². The number of nitrogens with zero attached hydrogens (tertiary/aromatic N) is 2. The lowest BCUT2D eigenvalue weighted by molar-refractivity contribution is 0.237. The summed E-state index contributed by atoms with van der Waals surface area (Å²) in [6.45, 7) is 6.59. The number of guanidine groups is 1. The summed E-state index contributed by atoms with van der Waals surface area (Å²) in [5, 5.41) is 6.14. The zero-order valence-corrected chi connectivity index (χ0v) is 16.8. The standard InChI is InChI=1S/C19H28N6OS/c1-12(2)16(14-8-5-4-6-9-14)24-19(26)25-17(20)22-11-7-10-15-13(3)23-18(21)27-15/h4-6,8-9,12,16H,7,10-11H2,1-3H3,(H2,21,23)(H4,20,22,24,25,26). The number of rotatable bonds is 7. The third kappa shape index (κ3) is 6.56. The van der Waals surface area contributed by atoms with Gasteiger partial charge in [-0.25, -0.2) is 9.78 Å². The lowest BCUT2D eigenvalue weighted by Gasteiger charge is -2.23. The first kappa shape index (κ1) is 20.7. The Kier molecular flexibility index (Phi) is 7.60. The van der Waals surface area contributed by atoms with Gasteiger partial charge in [0.25, 0.3) is 0 Å². The maximum atomic E-state index is 12.2. The van der Waals surface area contributed by atoms with E-state index in [0.717, 1.165) is 29.0 Å². The molecule has 1 aromatic heterocycles. The summed E-state index contributed by atoms with van der Waals surface area (Å²) in [5.74, 6) is 0.356. The van der Waals surface area contributed by atoms with Gasteiger partial charge in [-0.2, -0.15) is 0 Å². The van der Waals surface area contributed by atoms with Crippen molar-refractivity contribution >= 4 is 28.5 Å². The topological polar surface area (TPSA) is 118 Å². The summed E-state index contributed by atoms with van der Waals surface area (Å²) in [5.41, 5.74) is 13.5. The Labute approximate surface area is 164 Å². The first-order valence-corrected chi connectivity index (χ1v) is 9.82. The molecule has 0 bridgehead atoms. The van der Waals surface area contributed by atoms with Crippen molar-refractivity contribution in [3.63, 3.8) is 0 Å². The van der Waals surface area contributed by atoms with Crippen LogP contribution in [0.15, 0.2) is 35.3 Å². The van der Waals surface area contributed by atoms with Crippen LogP contribution in [-0.4, -0.2) is 23.5 Å². The van der Waals surface area contributed by atoms with Gasteiger partial charge in [-0.05, 0) is 31.2 Å². The van der Waals surface area contributed by atoms with Gasteiger partial charge in [0.2, 0.25) is 0 Å². The minimum absolute atomic E-state index is 0.0984. The number of thiazole rings is 1. The number of benzene rings is 1. The lowest BCUT2D eigenvalue weighted by atomic mass is 9.96. The molecule has 0 aliphatic rings. The molecule has 0 saturated carbocycles. The third-order valence-electron chi connectivity index (χ3n) is 4.11. The third-order valence-corrected chi connectivity index (χ3v) is 5.15. The molecule has 2 rings (SSSR count). The Morgan fingerprint density at radius 1 is 1.30 bits per heavy atom. The van der Waals surface area contributed by atoms with Crippen molar-refractivity contribution in [2.24, 2.45) is 16.6 Å². The highest BCUT2D eigenvalue weighted by Gasteiger charge is 2.18. The largest absolute Gasteiger partial charge is 0.375 e. The van der Waals surface area contributed by atoms with Crippen LogP contribution in [0.2, 0.25) is 0 Å². The van der Waals surface area contributed by atoms with Crippen LogP contribution >= 0.6 is 11.3 Å². The van der Waals surface area contributed by atoms with Crippen LogP contribution in [0, 0.1) is 12.8 Å². The van der Waals surface area contributed by atoms with E-state index in [0.29, 0.717) is 11.7 Å². The Morgan fingerprint density at radius 2 is 2.00 bits per heavy atom. The van der Waals surface area contributed by atoms with Crippen molar-refractivity contribution in [1.29, 1.82) is 0 Å². The number of urea groups is 1. The molecule has 0 saturated heterocycles. The van der Waals surface area contributed by atoms with Crippen molar-refractivity contribution in [1.82, 2.24) is 15.6 Å². The van der Waals surface area contributed by atoms with Gasteiger partial charge in [-0.3, -0.25) is 10.3 Å². The van der Waals surface area contributed by atoms with E-state index in [1.165, 1.54) is 11.3 Å². The molecule has 8 heteroatoms. The smallest absolute Gasteiger partial charge is 0.322 e. The number of hydrogen-bond acceptors (Lipinski definition) is 5. The number of hydrogen-bond donors (Lipinski definition) is 4. The molecule has 1 heterocycles. The summed E-state index contributed by atoms with van der Waals surface area (Å²) in [7, 11) is 0. The van der Waals surface area contributed by atoms with Crippen molar-refractivity contribution in [3.05, 3.63) is 46.5 Å². The van der Waals surface area contributed by atoms with Crippen molar-refractivity contribution < 1.29 is 4.79 Å². The maximum absolute atomic E-state index is 12.2. The van der Waals surface area contributed by atoms with E-state index in [-0.39, 0.29) is 24.0 Å². The van der Waals surface area contributed by atoms with E-state index in [2.05, 4.69) is 34.5 Å². The SMILES string of the molecule is Cc1nc(N)sc1CCCN=C(N)NC(=O)NC(c1ccccc1)C(C)C. The van der Waals surface area contributed by atoms with Crippen molar-refractivity contribution in [2.45, 2.75) is 39.7 Å². The molecular formula is C19H28N6OS. The summed E-state index contributed by atoms with van der Waals surface area (Å²) in [6, 6.07) is 9.40.